The first-order valence-corrected chi connectivity index (χ1v) is 9.16. The van der Waals surface area contributed by atoms with Crippen LogP contribution in [0.25, 0.3) is 0 Å². The van der Waals surface area contributed by atoms with Crippen LogP contribution in [0.15, 0.2) is 42.5 Å². The Morgan fingerprint density at radius 2 is 1.86 bits per heavy atom. The highest BCUT2D eigenvalue weighted by atomic mass is 35.5. The number of para-hydroxylation sites is 1. The molecule has 0 saturated carbocycles. The summed E-state index contributed by atoms with van der Waals surface area (Å²) in [6.45, 7) is -0.460. The number of carbonyl (C=O) groups is 1. The van der Waals surface area contributed by atoms with E-state index < -0.39 is 29.9 Å². The van der Waals surface area contributed by atoms with Gasteiger partial charge in [0.15, 0.2) is 0 Å². The van der Waals surface area contributed by atoms with Crippen molar-refractivity contribution in [2.45, 2.75) is 37.4 Å². The van der Waals surface area contributed by atoms with Crippen LogP contribution in [0.5, 0.6) is 11.5 Å². The number of aliphatic carboxylic acids is 1. The zero-order valence-corrected chi connectivity index (χ0v) is 16.1. The lowest BCUT2D eigenvalue weighted by molar-refractivity contribution is -0.139. The van der Waals surface area contributed by atoms with E-state index in [0.29, 0.717) is 23.4 Å². The van der Waals surface area contributed by atoms with Gasteiger partial charge in [-0.1, -0.05) is 29.8 Å². The molecule has 1 atom stereocenters. The van der Waals surface area contributed by atoms with E-state index in [2.05, 4.69) is 0 Å². The number of alkyl halides is 3. The molecule has 5 nitrogen and oxygen atoms in total. The summed E-state index contributed by atoms with van der Waals surface area (Å²) in [5.41, 5.74) is 4.48. The molecule has 0 saturated heterocycles. The number of carboxylic acids is 1. The number of benzene rings is 2. The topological polar surface area (TPSA) is 92.8 Å². The summed E-state index contributed by atoms with van der Waals surface area (Å²) in [6, 6.07) is 9.43. The third-order valence-electron chi connectivity index (χ3n) is 4.38. The number of nitrogens with two attached hydrogens (primary N) is 1. The molecule has 0 heterocycles. The molecule has 0 spiro atoms. The van der Waals surface area contributed by atoms with Crippen molar-refractivity contribution in [3.05, 3.63) is 58.6 Å². The smallest absolute Gasteiger partial charge is 0.419 e. The Bertz CT molecular complexity index is 860. The van der Waals surface area contributed by atoms with Crippen LogP contribution in [-0.4, -0.2) is 28.3 Å². The molecule has 2 aromatic carbocycles. The molecule has 0 aliphatic rings. The van der Waals surface area contributed by atoms with Crippen molar-refractivity contribution < 1.29 is 32.9 Å². The van der Waals surface area contributed by atoms with Crippen LogP contribution >= 0.6 is 11.6 Å². The Labute approximate surface area is 170 Å². The molecule has 2 rings (SSSR count). The van der Waals surface area contributed by atoms with Gasteiger partial charge >= 0.3 is 12.1 Å². The molecule has 158 valence electrons. The largest absolute Gasteiger partial charge is 0.481 e. The Balaban J connectivity index is 2.05. The highest BCUT2D eigenvalue weighted by molar-refractivity contribution is 6.31. The van der Waals surface area contributed by atoms with Gasteiger partial charge < -0.3 is 20.7 Å². The molecule has 0 bridgehead atoms. The third kappa shape index (κ3) is 6.62. The van der Waals surface area contributed by atoms with Gasteiger partial charge in [-0.2, -0.15) is 13.2 Å². The van der Waals surface area contributed by atoms with Gasteiger partial charge in [-0.3, -0.25) is 4.79 Å². The van der Waals surface area contributed by atoms with Gasteiger partial charge in [0.25, 0.3) is 0 Å². The number of rotatable bonds is 9. The summed E-state index contributed by atoms with van der Waals surface area (Å²) in [5.74, 6) is -1.27. The molecule has 0 fully saturated rings. The van der Waals surface area contributed by atoms with E-state index in [0.717, 1.165) is 6.07 Å². The van der Waals surface area contributed by atoms with Gasteiger partial charge in [0, 0.05) is 10.6 Å². The van der Waals surface area contributed by atoms with E-state index in [-0.39, 0.29) is 24.3 Å². The van der Waals surface area contributed by atoms with Crippen LogP contribution in [0.3, 0.4) is 0 Å². The first kappa shape index (κ1) is 23.0. The second kappa shape index (κ2) is 9.47. The first-order chi connectivity index (χ1) is 13.5. The van der Waals surface area contributed by atoms with Crippen molar-refractivity contribution in [2.75, 3.05) is 6.61 Å². The SMILES string of the molecule is NC(CO)(CCCc1ccc(Oc2ccccc2C(F)(F)F)cc1Cl)CC(=O)O. The van der Waals surface area contributed by atoms with Crippen LogP contribution in [-0.2, 0) is 17.4 Å². The van der Waals surface area contributed by atoms with Gasteiger partial charge in [0.1, 0.15) is 11.5 Å². The summed E-state index contributed by atoms with van der Waals surface area (Å²) >= 11 is 6.22. The number of ether oxygens (including phenoxy) is 1. The van der Waals surface area contributed by atoms with Crippen LogP contribution < -0.4 is 10.5 Å². The summed E-state index contributed by atoms with van der Waals surface area (Å²) in [7, 11) is 0. The van der Waals surface area contributed by atoms with Crippen molar-refractivity contribution >= 4 is 17.6 Å². The number of hydrogen-bond donors (Lipinski definition) is 3. The van der Waals surface area contributed by atoms with E-state index in [1.54, 1.807) is 6.07 Å². The zero-order valence-electron chi connectivity index (χ0n) is 15.4. The standard InChI is InChI=1S/C20H21ClF3NO4/c21-16-10-14(29-17-6-2-1-5-15(17)20(22,23)24)8-7-13(16)4-3-9-19(25,12-26)11-18(27)28/h1-2,5-8,10,26H,3-4,9,11-12,25H2,(H,27,28). The number of aliphatic hydroxyl groups is 1. The molecule has 0 radical (unpaired) electrons. The fraction of sp³-hybridized carbons (Fsp3) is 0.350. The molecule has 0 aromatic heterocycles. The second-order valence-electron chi connectivity index (χ2n) is 6.79. The minimum absolute atomic E-state index is 0.157. The third-order valence-corrected chi connectivity index (χ3v) is 4.74. The van der Waals surface area contributed by atoms with Gasteiger partial charge in [0.2, 0.25) is 0 Å². The van der Waals surface area contributed by atoms with Gasteiger partial charge in [0.05, 0.1) is 18.6 Å². The monoisotopic (exact) mass is 431 g/mol. The second-order valence-corrected chi connectivity index (χ2v) is 7.20. The maximum atomic E-state index is 13.1. The average Bonchev–Trinajstić information content (AvgIpc) is 2.62. The maximum Gasteiger partial charge on any atom is 0.419 e. The summed E-state index contributed by atoms with van der Waals surface area (Å²) in [5, 5.41) is 18.5. The van der Waals surface area contributed by atoms with Gasteiger partial charge in [-0.15, -0.1) is 0 Å². The van der Waals surface area contributed by atoms with Crippen molar-refractivity contribution in [1.82, 2.24) is 0 Å². The number of carboxylic acid groups (broad SMARTS) is 1. The Kier molecular flexibility index (Phi) is 7.51. The van der Waals surface area contributed by atoms with Crippen LogP contribution in [0.4, 0.5) is 13.2 Å². The number of halogens is 4. The molecule has 1 unspecified atom stereocenters. The molecule has 9 heteroatoms. The average molecular weight is 432 g/mol. The molecule has 0 amide bonds. The fourth-order valence-electron chi connectivity index (χ4n) is 2.87. The highest BCUT2D eigenvalue weighted by Crippen LogP contribution is 2.38. The van der Waals surface area contributed by atoms with Gasteiger partial charge in [-0.05, 0) is 49.1 Å². The van der Waals surface area contributed by atoms with Gasteiger partial charge in [-0.25, -0.2) is 0 Å². The lowest BCUT2D eigenvalue weighted by Crippen LogP contribution is -2.45. The molecular formula is C20H21ClF3NO4. The van der Waals surface area contributed by atoms with Crippen molar-refractivity contribution in [2.24, 2.45) is 5.73 Å². The molecular weight excluding hydrogens is 411 g/mol. The van der Waals surface area contributed by atoms with Crippen molar-refractivity contribution in [3.8, 4) is 11.5 Å². The summed E-state index contributed by atoms with van der Waals surface area (Å²) in [4.78, 5) is 10.8. The Hall–Kier alpha value is -2.29. The first-order valence-electron chi connectivity index (χ1n) is 8.78. The minimum atomic E-state index is -4.54. The molecule has 2 aromatic rings. The Morgan fingerprint density at radius 1 is 1.17 bits per heavy atom. The van der Waals surface area contributed by atoms with Crippen molar-refractivity contribution in [3.63, 3.8) is 0 Å². The number of aryl methyl sites for hydroxylation is 1. The zero-order chi connectivity index (χ0) is 21.7. The number of aliphatic hydroxyl groups excluding tert-OH is 1. The maximum absolute atomic E-state index is 13.1. The van der Waals surface area contributed by atoms with E-state index in [1.165, 1.54) is 30.3 Å². The molecule has 0 aliphatic carbocycles. The quantitative estimate of drug-likeness (QED) is 0.538. The lowest BCUT2D eigenvalue weighted by Gasteiger charge is -2.25. The van der Waals surface area contributed by atoms with E-state index >= 15 is 0 Å². The molecule has 29 heavy (non-hydrogen) atoms. The fourth-order valence-corrected chi connectivity index (χ4v) is 3.13. The van der Waals surface area contributed by atoms with Crippen LogP contribution in [0.2, 0.25) is 5.02 Å². The normalized spacial score (nSPS) is 13.7. The number of hydrogen-bond acceptors (Lipinski definition) is 4. The minimum Gasteiger partial charge on any atom is -0.481 e. The molecule has 0 aliphatic heterocycles. The summed E-state index contributed by atoms with van der Waals surface area (Å²) < 4.78 is 44.6. The summed E-state index contributed by atoms with van der Waals surface area (Å²) in [6.07, 6.45) is -3.71. The van der Waals surface area contributed by atoms with E-state index in [4.69, 9.17) is 27.2 Å². The van der Waals surface area contributed by atoms with Crippen LogP contribution in [0.1, 0.15) is 30.4 Å². The van der Waals surface area contributed by atoms with E-state index in [9.17, 15) is 23.1 Å². The van der Waals surface area contributed by atoms with E-state index in [1.807, 2.05) is 0 Å². The van der Waals surface area contributed by atoms with Crippen LogP contribution in [0, 0.1) is 0 Å². The lowest BCUT2D eigenvalue weighted by atomic mass is 9.90. The highest BCUT2D eigenvalue weighted by Gasteiger charge is 2.34. The molecule has 4 N–H and O–H groups in total. The predicted molar refractivity (Wildman–Crippen MR) is 102 cm³/mol. The predicted octanol–water partition coefficient (Wildman–Crippen LogP) is 4.64. The van der Waals surface area contributed by atoms with Crippen molar-refractivity contribution in [1.29, 1.82) is 0 Å². The Morgan fingerprint density at radius 3 is 2.45 bits per heavy atom.